The summed E-state index contributed by atoms with van der Waals surface area (Å²) in [6.45, 7) is -3.05. The van der Waals surface area contributed by atoms with Crippen molar-refractivity contribution in [3.8, 4) is 5.75 Å². The zero-order chi connectivity index (χ0) is 12.8. The van der Waals surface area contributed by atoms with Gasteiger partial charge in [-0.1, -0.05) is 0 Å². The lowest BCUT2D eigenvalue weighted by Crippen LogP contribution is -2.24. The van der Waals surface area contributed by atoms with E-state index in [0.29, 0.717) is 0 Å². The van der Waals surface area contributed by atoms with E-state index in [-0.39, 0.29) is 16.4 Å². The third-order valence-corrected chi connectivity index (χ3v) is 1.66. The van der Waals surface area contributed by atoms with Crippen LogP contribution in [0.4, 0.5) is 13.2 Å². The maximum Gasteiger partial charge on any atom is 0.387 e. The fourth-order valence-corrected chi connectivity index (χ4v) is 1.03. The van der Waals surface area contributed by atoms with Gasteiger partial charge in [-0.3, -0.25) is 5.43 Å². The predicted octanol–water partition coefficient (Wildman–Crippen LogP) is 1.59. The van der Waals surface area contributed by atoms with Crippen molar-refractivity contribution in [2.45, 2.75) is 6.61 Å². The molecule has 0 atom stereocenters. The van der Waals surface area contributed by atoms with Crippen molar-refractivity contribution in [3.63, 3.8) is 0 Å². The van der Waals surface area contributed by atoms with Crippen molar-refractivity contribution < 1.29 is 17.9 Å². The third-order valence-electron chi connectivity index (χ3n) is 1.57. The summed E-state index contributed by atoms with van der Waals surface area (Å²) >= 11 is 4.48. The summed E-state index contributed by atoms with van der Waals surface area (Å²) in [7, 11) is 0. The summed E-state index contributed by atoms with van der Waals surface area (Å²) < 4.78 is 41.0. The van der Waals surface area contributed by atoms with E-state index in [1.807, 2.05) is 0 Å². The number of nitrogens with zero attached hydrogens (tertiary/aromatic N) is 1. The van der Waals surface area contributed by atoms with Gasteiger partial charge >= 0.3 is 6.61 Å². The molecule has 1 aromatic carbocycles. The highest BCUT2D eigenvalue weighted by Gasteiger charge is 2.09. The first kappa shape index (κ1) is 13.2. The summed E-state index contributed by atoms with van der Waals surface area (Å²) in [6, 6.07) is 3.15. The summed E-state index contributed by atoms with van der Waals surface area (Å²) in [6.07, 6.45) is 1.14. The lowest BCUT2D eigenvalue weighted by molar-refractivity contribution is -0.0500. The lowest BCUT2D eigenvalue weighted by Gasteiger charge is -2.07. The minimum atomic E-state index is -3.05. The van der Waals surface area contributed by atoms with Crippen LogP contribution in [0.15, 0.2) is 23.3 Å². The number of hydrogen-bond donors (Lipinski definition) is 2. The maximum atomic E-state index is 12.8. The predicted molar refractivity (Wildman–Crippen MR) is 60.5 cm³/mol. The molecule has 0 aliphatic carbocycles. The summed E-state index contributed by atoms with van der Waals surface area (Å²) in [5.41, 5.74) is 7.49. The van der Waals surface area contributed by atoms with E-state index in [1.165, 1.54) is 6.07 Å². The lowest BCUT2D eigenvalue weighted by atomic mass is 10.2. The van der Waals surface area contributed by atoms with Crippen LogP contribution in [-0.4, -0.2) is 17.9 Å². The Labute approximate surface area is 100 Å². The second kappa shape index (κ2) is 6.04. The van der Waals surface area contributed by atoms with Gasteiger partial charge in [-0.25, -0.2) is 4.39 Å². The Hall–Kier alpha value is -1.83. The molecule has 3 N–H and O–H groups in total. The van der Waals surface area contributed by atoms with Crippen molar-refractivity contribution >= 4 is 23.5 Å². The molecule has 1 aromatic rings. The van der Waals surface area contributed by atoms with Crippen molar-refractivity contribution in [1.29, 1.82) is 0 Å². The SMILES string of the molecule is NC(=S)NN=Cc1ccc(F)cc1OC(F)F. The van der Waals surface area contributed by atoms with Crippen LogP contribution in [0.1, 0.15) is 5.56 Å². The number of hydrazone groups is 1. The van der Waals surface area contributed by atoms with Gasteiger partial charge in [0, 0.05) is 11.6 Å². The minimum Gasteiger partial charge on any atom is -0.434 e. The molecule has 17 heavy (non-hydrogen) atoms. The Balaban J connectivity index is 2.89. The first-order valence-electron chi connectivity index (χ1n) is 4.32. The standard InChI is InChI=1S/C9H8F3N3OS/c10-6-2-1-5(4-14-15-9(13)17)7(3-6)16-8(11)12/h1-4,8H,(H3,13,15,17). The van der Waals surface area contributed by atoms with Gasteiger partial charge in [-0.2, -0.15) is 13.9 Å². The summed E-state index contributed by atoms with van der Waals surface area (Å²) in [4.78, 5) is 0. The molecule has 92 valence electrons. The average Bonchev–Trinajstić information content (AvgIpc) is 2.20. The van der Waals surface area contributed by atoms with Gasteiger partial charge in [0.1, 0.15) is 11.6 Å². The number of hydrogen-bond acceptors (Lipinski definition) is 3. The molecule has 1 rings (SSSR count). The van der Waals surface area contributed by atoms with Crippen LogP contribution in [-0.2, 0) is 0 Å². The molecule has 0 aliphatic rings. The number of nitrogens with one attached hydrogen (secondary N) is 1. The first-order chi connectivity index (χ1) is 7.99. The largest absolute Gasteiger partial charge is 0.434 e. The molecular formula is C9H8F3N3OS. The number of nitrogens with two attached hydrogens (primary N) is 1. The highest BCUT2D eigenvalue weighted by molar-refractivity contribution is 7.80. The number of benzene rings is 1. The van der Waals surface area contributed by atoms with Crippen LogP contribution in [0.25, 0.3) is 0 Å². The molecule has 0 spiro atoms. The molecule has 0 amide bonds. The van der Waals surface area contributed by atoms with E-state index in [4.69, 9.17) is 5.73 Å². The van der Waals surface area contributed by atoms with Gasteiger partial charge in [0.15, 0.2) is 5.11 Å². The topological polar surface area (TPSA) is 59.6 Å². The quantitative estimate of drug-likeness (QED) is 0.492. The van der Waals surface area contributed by atoms with Crippen LogP contribution in [0, 0.1) is 5.82 Å². The fourth-order valence-electron chi connectivity index (χ4n) is 0.978. The van der Waals surface area contributed by atoms with E-state index in [0.717, 1.165) is 18.3 Å². The minimum absolute atomic E-state index is 0.0836. The van der Waals surface area contributed by atoms with Crippen LogP contribution in [0.2, 0.25) is 0 Å². The number of halogens is 3. The molecule has 0 fully saturated rings. The van der Waals surface area contributed by atoms with E-state index < -0.39 is 12.4 Å². The van der Waals surface area contributed by atoms with Gasteiger partial charge in [0.25, 0.3) is 0 Å². The van der Waals surface area contributed by atoms with Gasteiger partial charge in [-0.05, 0) is 24.4 Å². The number of rotatable bonds is 4. The summed E-state index contributed by atoms with van der Waals surface area (Å²) in [5, 5.41) is 3.47. The zero-order valence-electron chi connectivity index (χ0n) is 8.36. The van der Waals surface area contributed by atoms with Crippen LogP contribution in [0.3, 0.4) is 0 Å². The number of ether oxygens (including phenoxy) is 1. The van der Waals surface area contributed by atoms with E-state index in [2.05, 4.69) is 27.5 Å². The van der Waals surface area contributed by atoms with Crippen molar-refractivity contribution in [2.24, 2.45) is 10.8 Å². The Morgan fingerprint density at radius 2 is 2.24 bits per heavy atom. The summed E-state index contributed by atoms with van der Waals surface area (Å²) in [5.74, 6) is -1.02. The molecule has 4 nitrogen and oxygen atoms in total. The second-order valence-corrected chi connectivity index (χ2v) is 3.23. The Morgan fingerprint density at radius 3 is 2.82 bits per heavy atom. The maximum absolute atomic E-state index is 12.8. The molecule has 0 saturated carbocycles. The number of thiocarbonyl (C=S) groups is 1. The highest BCUT2D eigenvalue weighted by atomic mass is 32.1. The van der Waals surface area contributed by atoms with Crippen LogP contribution >= 0.6 is 12.2 Å². The van der Waals surface area contributed by atoms with Gasteiger partial charge < -0.3 is 10.5 Å². The molecule has 0 heterocycles. The Morgan fingerprint density at radius 1 is 1.53 bits per heavy atom. The van der Waals surface area contributed by atoms with Gasteiger partial charge in [0.05, 0.1) is 6.21 Å². The zero-order valence-corrected chi connectivity index (χ0v) is 9.18. The van der Waals surface area contributed by atoms with Crippen molar-refractivity contribution in [3.05, 3.63) is 29.6 Å². The highest BCUT2D eigenvalue weighted by Crippen LogP contribution is 2.20. The van der Waals surface area contributed by atoms with E-state index in [9.17, 15) is 13.2 Å². The third kappa shape index (κ3) is 4.68. The Bertz CT molecular complexity index is 439. The molecular weight excluding hydrogens is 255 g/mol. The monoisotopic (exact) mass is 263 g/mol. The van der Waals surface area contributed by atoms with E-state index in [1.54, 1.807) is 0 Å². The smallest absolute Gasteiger partial charge is 0.387 e. The number of alkyl halides is 2. The second-order valence-electron chi connectivity index (χ2n) is 2.79. The molecule has 0 saturated heterocycles. The molecule has 0 radical (unpaired) electrons. The molecule has 0 aliphatic heterocycles. The molecule has 0 bridgehead atoms. The van der Waals surface area contributed by atoms with Gasteiger partial charge in [-0.15, -0.1) is 0 Å². The normalized spacial score (nSPS) is 10.8. The first-order valence-corrected chi connectivity index (χ1v) is 4.72. The van der Waals surface area contributed by atoms with Crippen molar-refractivity contribution in [2.75, 3.05) is 0 Å². The molecule has 0 aromatic heterocycles. The van der Waals surface area contributed by atoms with Crippen molar-refractivity contribution in [1.82, 2.24) is 5.43 Å². The average molecular weight is 263 g/mol. The molecule has 0 unspecified atom stereocenters. The van der Waals surface area contributed by atoms with Crippen LogP contribution < -0.4 is 15.9 Å². The van der Waals surface area contributed by atoms with Gasteiger partial charge in [0.2, 0.25) is 0 Å². The fraction of sp³-hybridized carbons (Fsp3) is 0.111. The van der Waals surface area contributed by atoms with Crippen LogP contribution in [0.5, 0.6) is 5.75 Å². The molecule has 8 heteroatoms. The Kier molecular flexibility index (Phi) is 4.70. The van der Waals surface area contributed by atoms with E-state index >= 15 is 0 Å².